The monoisotopic (exact) mass is 362 g/mol. The summed E-state index contributed by atoms with van der Waals surface area (Å²) < 4.78 is 5.40. The van der Waals surface area contributed by atoms with Crippen LogP contribution in [0.2, 0.25) is 0 Å². The van der Waals surface area contributed by atoms with Crippen LogP contribution in [0.25, 0.3) is 0 Å². The first-order valence-electron chi connectivity index (χ1n) is 9.00. The Bertz CT molecular complexity index is 829. The van der Waals surface area contributed by atoms with E-state index in [0.717, 1.165) is 24.2 Å². The van der Waals surface area contributed by atoms with Crippen molar-refractivity contribution in [3.63, 3.8) is 0 Å². The lowest BCUT2D eigenvalue weighted by Crippen LogP contribution is -2.37. The molecule has 0 aliphatic carbocycles. The van der Waals surface area contributed by atoms with Crippen molar-refractivity contribution in [2.45, 2.75) is 6.04 Å². The van der Waals surface area contributed by atoms with E-state index < -0.39 is 0 Å². The van der Waals surface area contributed by atoms with E-state index in [2.05, 4.69) is 49.4 Å². The highest BCUT2D eigenvalue weighted by molar-refractivity contribution is 5.46. The predicted octanol–water partition coefficient (Wildman–Crippen LogP) is 2.49. The second-order valence-corrected chi connectivity index (χ2v) is 6.32. The van der Waals surface area contributed by atoms with Crippen LogP contribution >= 0.6 is 0 Å². The van der Waals surface area contributed by atoms with E-state index in [4.69, 9.17) is 10.5 Å². The number of benzene rings is 2. The zero-order valence-corrected chi connectivity index (χ0v) is 15.0. The van der Waals surface area contributed by atoms with Crippen molar-refractivity contribution in [3.05, 3.63) is 71.8 Å². The van der Waals surface area contributed by atoms with E-state index in [1.807, 2.05) is 36.4 Å². The molecule has 1 saturated heterocycles. The largest absolute Gasteiger partial charge is 0.378 e. The quantitative estimate of drug-likeness (QED) is 0.721. The zero-order chi connectivity index (χ0) is 18.5. The maximum atomic E-state index is 5.96. The second-order valence-electron chi connectivity index (χ2n) is 6.32. The summed E-state index contributed by atoms with van der Waals surface area (Å²) in [5.41, 5.74) is 8.20. The van der Waals surface area contributed by atoms with Crippen LogP contribution < -0.4 is 16.0 Å². The van der Waals surface area contributed by atoms with Crippen LogP contribution in [-0.4, -0.2) is 41.3 Å². The van der Waals surface area contributed by atoms with Gasteiger partial charge in [0.25, 0.3) is 0 Å². The third-order valence-corrected chi connectivity index (χ3v) is 4.47. The molecular weight excluding hydrogens is 340 g/mol. The summed E-state index contributed by atoms with van der Waals surface area (Å²) in [6, 6.07) is 20.3. The number of nitrogens with two attached hydrogens (primary N) is 1. The summed E-state index contributed by atoms with van der Waals surface area (Å²) in [4.78, 5) is 15.3. The van der Waals surface area contributed by atoms with Gasteiger partial charge in [-0.05, 0) is 11.1 Å². The Morgan fingerprint density at radius 3 is 2.04 bits per heavy atom. The topological polar surface area (TPSA) is 89.2 Å². The molecule has 0 unspecified atom stereocenters. The first-order chi connectivity index (χ1) is 13.3. The molecule has 7 nitrogen and oxygen atoms in total. The lowest BCUT2D eigenvalue weighted by Gasteiger charge is -2.27. The van der Waals surface area contributed by atoms with E-state index in [0.29, 0.717) is 25.1 Å². The highest BCUT2D eigenvalue weighted by atomic mass is 16.5. The van der Waals surface area contributed by atoms with E-state index in [1.54, 1.807) is 0 Å². The second kappa shape index (κ2) is 8.01. The van der Waals surface area contributed by atoms with Gasteiger partial charge in [0.2, 0.25) is 17.8 Å². The lowest BCUT2D eigenvalue weighted by atomic mass is 9.99. The number of rotatable bonds is 5. The Kier molecular flexibility index (Phi) is 5.11. The highest BCUT2D eigenvalue weighted by Gasteiger charge is 2.19. The van der Waals surface area contributed by atoms with Gasteiger partial charge in [0.05, 0.1) is 19.3 Å². The van der Waals surface area contributed by atoms with E-state index >= 15 is 0 Å². The van der Waals surface area contributed by atoms with Crippen LogP contribution in [0.3, 0.4) is 0 Å². The molecule has 1 aliphatic heterocycles. The first kappa shape index (κ1) is 17.2. The van der Waals surface area contributed by atoms with Gasteiger partial charge in [-0.3, -0.25) is 0 Å². The Labute approximate surface area is 158 Å². The molecule has 0 bridgehead atoms. The minimum atomic E-state index is -0.0910. The molecule has 1 fully saturated rings. The lowest BCUT2D eigenvalue weighted by molar-refractivity contribution is 0.122. The standard InChI is InChI=1S/C20H22N6O/c21-18-23-19(25-20(24-18)26-11-13-27-14-12-26)22-17(15-7-3-1-4-8-15)16-9-5-2-6-10-16/h1-10,17H,11-14H2,(H3,21,22,23,24,25). The molecule has 138 valence electrons. The minimum Gasteiger partial charge on any atom is -0.378 e. The zero-order valence-electron chi connectivity index (χ0n) is 15.0. The molecule has 27 heavy (non-hydrogen) atoms. The van der Waals surface area contributed by atoms with Crippen LogP contribution in [0.5, 0.6) is 0 Å². The van der Waals surface area contributed by atoms with Gasteiger partial charge < -0.3 is 20.7 Å². The maximum absolute atomic E-state index is 5.96. The molecule has 0 radical (unpaired) electrons. The van der Waals surface area contributed by atoms with Gasteiger partial charge in [-0.15, -0.1) is 0 Å². The van der Waals surface area contributed by atoms with Crippen LogP contribution in [-0.2, 0) is 4.74 Å². The molecule has 0 atom stereocenters. The Morgan fingerprint density at radius 2 is 1.44 bits per heavy atom. The van der Waals surface area contributed by atoms with Crippen LogP contribution in [0.1, 0.15) is 17.2 Å². The average molecular weight is 362 g/mol. The Balaban J connectivity index is 1.66. The highest BCUT2D eigenvalue weighted by Crippen LogP contribution is 2.26. The van der Waals surface area contributed by atoms with Crippen LogP contribution in [0, 0.1) is 0 Å². The number of ether oxygens (including phenoxy) is 1. The van der Waals surface area contributed by atoms with Crippen LogP contribution in [0.4, 0.5) is 17.8 Å². The number of nitrogens with one attached hydrogen (secondary N) is 1. The number of morpholine rings is 1. The van der Waals surface area contributed by atoms with Gasteiger partial charge in [0.1, 0.15) is 0 Å². The van der Waals surface area contributed by atoms with Crippen molar-refractivity contribution < 1.29 is 4.74 Å². The molecule has 7 heteroatoms. The van der Waals surface area contributed by atoms with Crippen LogP contribution in [0.15, 0.2) is 60.7 Å². The van der Waals surface area contributed by atoms with Gasteiger partial charge in [0, 0.05) is 13.1 Å². The van der Waals surface area contributed by atoms with E-state index in [9.17, 15) is 0 Å². The van der Waals surface area contributed by atoms with Crippen molar-refractivity contribution in [3.8, 4) is 0 Å². The molecule has 1 aliphatic rings. The van der Waals surface area contributed by atoms with Crippen molar-refractivity contribution in [2.24, 2.45) is 0 Å². The third kappa shape index (κ3) is 4.15. The fourth-order valence-corrected chi connectivity index (χ4v) is 3.13. The summed E-state index contributed by atoms with van der Waals surface area (Å²) in [5, 5.41) is 3.43. The van der Waals surface area contributed by atoms with Crippen molar-refractivity contribution in [2.75, 3.05) is 42.3 Å². The number of hydrogen-bond donors (Lipinski definition) is 2. The fourth-order valence-electron chi connectivity index (χ4n) is 3.13. The Hall–Kier alpha value is -3.19. The molecule has 0 spiro atoms. The van der Waals surface area contributed by atoms with Crippen molar-refractivity contribution in [1.29, 1.82) is 0 Å². The molecular formula is C20H22N6O. The first-order valence-corrected chi connectivity index (χ1v) is 9.00. The van der Waals surface area contributed by atoms with Gasteiger partial charge in [-0.25, -0.2) is 0 Å². The average Bonchev–Trinajstić information content (AvgIpc) is 2.73. The molecule has 0 amide bonds. The summed E-state index contributed by atoms with van der Waals surface area (Å²) >= 11 is 0. The summed E-state index contributed by atoms with van der Waals surface area (Å²) in [6.45, 7) is 2.80. The molecule has 1 aromatic heterocycles. The normalized spacial score (nSPS) is 14.3. The summed E-state index contributed by atoms with van der Waals surface area (Å²) in [5.74, 6) is 1.24. The van der Waals surface area contributed by atoms with Crippen molar-refractivity contribution >= 4 is 17.8 Å². The minimum absolute atomic E-state index is 0.0910. The number of nitrogen functional groups attached to an aromatic ring is 1. The van der Waals surface area contributed by atoms with Gasteiger partial charge in [-0.1, -0.05) is 60.7 Å². The molecule has 3 N–H and O–H groups in total. The van der Waals surface area contributed by atoms with Gasteiger partial charge >= 0.3 is 0 Å². The SMILES string of the molecule is Nc1nc(NC(c2ccccc2)c2ccccc2)nc(N2CCOCC2)n1. The number of nitrogens with zero attached hydrogens (tertiary/aromatic N) is 4. The predicted molar refractivity (Wildman–Crippen MR) is 106 cm³/mol. The summed E-state index contributed by atoms with van der Waals surface area (Å²) in [6.07, 6.45) is 0. The number of aromatic nitrogens is 3. The number of hydrogen-bond acceptors (Lipinski definition) is 7. The van der Waals surface area contributed by atoms with Gasteiger partial charge in [0.15, 0.2) is 0 Å². The molecule has 4 rings (SSSR count). The smallest absolute Gasteiger partial charge is 0.232 e. The maximum Gasteiger partial charge on any atom is 0.232 e. The van der Waals surface area contributed by atoms with E-state index in [-0.39, 0.29) is 12.0 Å². The molecule has 3 aromatic rings. The Morgan fingerprint density at radius 1 is 0.852 bits per heavy atom. The third-order valence-electron chi connectivity index (χ3n) is 4.47. The molecule has 0 saturated carbocycles. The molecule has 2 aromatic carbocycles. The molecule has 2 heterocycles. The van der Waals surface area contributed by atoms with Gasteiger partial charge in [-0.2, -0.15) is 15.0 Å². The fraction of sp³-hybridized carbons (Fsp3) is 0.250. The number of anilines is 3. The summed E-state index contributed by atoms with van der Waals surface area (Å²) in [7, 11) is 0. The van der Waals surface area contributed by atoms with Crippen molar-refractivity contribution in [1.82, 2.24) is 15.0 Å². The van der Waals surface area contributed by atoms with E-state index in [1.165, 1.54) is 0 Å².